The molecule has 1 unspecified atom stereocenters. The molecule has 0 amide bonds. The lowest BCUT2D eigenvalue weighted by molar-refractivity contribution is -0.226. The molecule has 3 heterocycles. The maximum Gasteiger partial charge on any atom is 0.534 e. The Morgan fingerprint density at radius 3 is 2.59 bits per heavy atom. The molecule has 10 heteroatoms. The van der Waals surface area contributed by atoms with Crippen molar-refractivity contribution in [3.05, 3.63) is 35.1 Å². The van der Waals surface area contributed by atoms with Crippen molar-refractivity contribution in [1.82, 2.24) is 0 Å². The quantitative estimate of drug-likeness (QED) is 0.440. The molecule has 6 rings (SSSR count). The van der Waals surface area contributed by atoms with Crippen LogP contribution >= 0.6 is 0 Å². The third-order valence-electron chi connectivity index (χ3n) is 8.49. The highest BCUT2D eigenvalue weighted by atomic mass is 32.2. The average molecular weight is 474 g/mol. The Labute approximate surface area is 184 Å². The summed E-state index contributed by atoms with van der Waals surface area (Å²) < 4.78 is 85.9. The second-order valence-electron chi connectivity index (χ2n) is 10.1. The Morgan fingerprint density at radius 2 is 1.88 bits per heavy atom. The molecule has 0 radical (unpaired) electrons. The van der Waals surface area contributed by atoms with Crippen LogP contribution in [0.5, 0.6) is 0 Å². The lowest BCUT2D eigenvalue weighted by Gasteiger charge is -2.54. The molecule has 176 valence electrons. The number of allylic oxidation sites excluding steroid dienone is 3. The van der Waals surface area contributed by atoms with Gasteiger partial charge in [-0.1, -0.05) is 19.1 Å². The van der Waals surface area contributed by atoms with Crippen molar-refractivity contribution in [2.75, 3.05) is 13.2 Å². The van der Waals surface area contributed by atoms with Crippen molar-refractivity contribution < 1.29 is 40.0 Å². The molecule has 1 saturated carbocycles. The summed E-state index contributed by atoms with van der Waals surface area (Å²) in [6.07, 6.45) is 10.2. The molecule has 0 aromatic carbocycles. The number of ether oxygens (including phenoxy) is 3. The molecule has 3 fully saturated rings. The van der Waals surface area contributed by atoms with E-state index in [1.54, 1.807) is 6.92 Å². The lowest BCUT2D eigenvalue weighted by Crippen LogP contribution is -2.56. The van der Waals surface area contributed by atoms with Gasteiger partial charge in [0.25, 0.3) is 0 Å². The molecule has 4 atom stereocenters. The summed E-state index contributed by atoms with van der Waals surface area (Å²) in [6.45, 7) is 2.90. The molecular formula is C22H25F3O6S. The summed E-state index contributed by atoms with van der Waals surface area (Å²) in [5.74, 6) is -0.981. The molecule has 0 N–H and O–H groups in total. The van der Waals surface area contributed by atoms with Crippen LogP contribution in [0.3, 0.4) is 0 Å². The monoisotopic (exact) mass is 474 g/mol. The normalized spacial score (nSPS) is 42.0. The van der Waals surface area contributed by atoms with Crippen molar-refractivity contribution in [3.63, 3.8) is 0 Å². The number of hydrogen-bond donors (Lipinski definition) is 0. The SMILES string of the molecule is C[C@]12CC=C3C=C4CCC5(CC46CC[C@]3(O6)[C@@H]1CC=C2OS(=O)(=O)C(F)(F)F)OCCO5. The highest BCUT2D eigenvalue weighted by molar-refractivity contribution is 7.87. The summed E-state index contributed by atoms with van der Waals surface area (Å²) in [4.78, 5) is 0. The van der Waals surface area contributed by atoms with Gasteiger partial charge in [-0.15, -0.1) is 0 Å². The Kier molecular flexibility index (Phi) is 4.10. The number of alkyl halides is 3. The molecule has 0 aromatic rings. The van der Waals surface area contributed by atoms with Crippen molar-refractivity contribution in [2.45, 2.75) is 74.4 Å². The van der Waals surface area contributed by atoms with Gasteiger partial charge in [-0.3, -0.25) is 0 Å². The van der Waals surface area contributed by atoms with Gasteiger partial charge < -0.3 is 18.4 Å². The van der Waals surface area contributed by atoms with Gasteiger partial charge in [-0.05, 0) is 49.3 Å². The molecule has 6 aliphatic rings. The van der Waals surface area contributed by atoms with Gasteiger partial charge in [-0.2, -0.15) is 21.6 Å². The van der Waals surface area contributed by atoms with Crippen LogP contribution in [0.25, 0.3) is 0 Å². The first-order valence-corrected chi connectivity index (χ1v) is 12.5. The van der Waals surface area contributed by atoms with Crippen LogP contribution in [0.4, 0.5) is 13.2 Å². The first-order valence-electron chi connectivity index (χ1n) is 11.1. The van der Waals surface area contributed by atoms with Gasteiger partial charge in [0.1, 0.15) is 5.76 Å². The zero-order valence-corrected chi connectivity index (χ0v) is 18.5. The van der Waals surface area contributed by atoms with Crippen molar-refractivity contribution in [2.24, 2.45) is 11.3 Å². The predicted octanol–water partition coefficient (Wildman–Crippen LogP) is 4.25. The Balaban J connectivity index is 1.35. The molecule has 0 aromatic heterocycles. The van der Waals surface area contributed by atoms with Gasteiger partial charge >= 0.3 is 15.6 Å². The van der Waals surface area contributed by atoms with Gasteiger partial charge in [0.05, 0.1) is 24.4 Å². The molecule has 3 aliphatic heterocycles. The predicted molar refractivity (Wildman–Crippen MR) is 105 cm³/mol. The van der Waals surface area contributed by atoms with Crippen molar-refractivity contribution in [1.29, 1.82) is 0 Å². The summed E-state index contributed by atoms with van der Waals surface area (Å²) in [5.41, 5.74) is -5.28. The van der Waals surface area contributed by atoms with Crippen molar-refractivity contribution in [3.8, 4) is 0 Å². The Bertz CT molecular complexity index is 1070. The van der Waals surface area contributed by atoms with E-state index < -0.39 is 38.0 Å². The fourth-order valence-electron chi connectivity index (χ4n) is 6.97. The first-order chi connectivity index (χ1) is 14.9. The van der Waals surface area contributed by atoms with E-state index in [1.165, 1.54) is 11.6 Å². The summed E-state index contributed by atoms with van der Waals surface area (Å²) in [6, 6.07) is 0. The molecule has 32 heavy (non-hydrogen) atoms. The molecule has 6 nitrogen and oxygen atoms in total. The topological polar surface area (TPSA) is 71.1 Å². The maximum absolute atomic E-state index is 13.0. The summed E-state index contributed by atoms with van der Waals surface area (Å²) in [5, 5.41) is 0. The van der Waals surface area contributed by atoms with E-state index in [2.05, 4.69) is 10.3 Å². The summed E-state index contributed by atoms with van der Waals surface area (Å²) in [7, 11) is -5.73. The minimum Gasteiger partial charge on any atom is -0.380 e. The van der Waals surface area contributed by atoms with E-state index in [-0.39, 0.29) is 11.7 Å². The number of rotatable bonds is 2. The average Bonchev–Trinajstić information content (AvgIpc) is 3.37. The second kappa shape index (κ2) is 6.20. The Hall–Kier alpha value is -1.36. The number of halogens is 3. The van der Waals surface area contributed by atoms with Crippen LogP contribution in [-0.2, 0) is 28.5 Å². The van der Waals surface area contributed by atoms with Crippen LogP contribution in [0.15, 0.2) is 35.1 Å². The first kappa shape index (κ1) is 21.2. The Morgan fingerprint density at radius 1 is 1.12 bits per heavy atom. The van der Waals surface area contributed by atoms with Crippen LogP contribution < -0.4 is 0 Å². The fraction of sp³-hybridized carbons (Fsp3) is 0.727. The van der Waals surface area contributed by atoms with Gasteiger partial charge in [0.15, 0.2) is 5.79 Å². The third kappa shape index (κ3) is 2.61. The zero-order chi connectivity index (χ0) is 22.6. The van der Waals surface area contributed by atoms with Crippen molar-refractivity contribution >= 4 is 10.1 Å². The van der Waals surface area contributed by atoms with E-state index in [0.717, 1.165) is 24.8 Å². The fourth-order valence-corrected chi connectivity index (χ4v) is 7.56. The highest BCUT2D eigenvalue weighted by Gasteiger charge is 2.68. The van der Waals surface area contributed by atoms with E-state index in [4.69, 9.17) is 14.2 Å². The summed E-state index contributed by atoms with van der Waals surface area (Å²) >= 11 is 0. The largest absolute Gasteiger partial charge is 0.534 e. The molecule has 2 saturated heterocycles. The van der Waals surface area contributed by atoms with E-state index in [9.17, 15) is 21.6 Å². The highest BCUT2D eigenvalue weighted by Crippen LogP contribution is 2.67. The van der Waals surface area contributed by atoms with Gasteiger partial charge in [-0.25, -0.2) is 0 Å². The number of hydrogen-bond acceptors (Lipinski definition) is 6. The molecular weight excluding hydrogens is 449 g/mol. The number of fused-ring (bicyclic) bond motifs is 1. The second-order valence-corrected chi connectivity index (χ2v) is 11.6. The van der Waals surface area contributed by atoms with E-state index >= 15 is 0 Å². The lowest BCUT2D eigenvalue weighted by atomic mass is 9.60. The molecule has 3 spiro atoms. The minimum absolute atomic E-state index is 0.133. The van der Waals surface area contributed by atoms with Crippen LogP contribution in [0.2, 0.25) is 0 Å². The smallest absolute Gasteiger partial charge is 0.380 e. The van der Waals surface area contributed by atoms with Gasteiger partial charge in [0, 0.05) is 24.2 Å². The van der Waals surface area contributed by atoms with E-state index in [0.29, 0.717) is 38.9 Å². The minimum atomic E-state index is -5.73. The maximum atomic E-state index is 13.0. The standard InChI is InChI=1S/C22H25F3O6S/c1-18-6-4-15-12-14-5-7-20(28-10-11-29-20)13-19(14)8-9-21(15,31-19)16(18)2-3-17(18)30-32(26,27)22(23,24)25/h3-4,12,16H,2,5-11,13H2,1H3/t16-,18+,19?,21-/m1/s1. The molecule has 3 aliphatic carbocycles. The van der Waals surface area contributed by atoms with Crippen LogP contribution in [0.1, 0.15) is 51.9 Å². The molecule has 2 bridgehead atoms. The zero-order valence-electron chi connectivity index (χ0n) is 17.7. The van der Waals surface area contributed by atoms with E-state index in [1.807, 2.05) is 6.08 Å². The van der Waals surface area contributed by atoms with Crippen LogP contribution in [-0.4, -0.2) is 44.1 Å². The third-order valence-corrected chi connectivity index (χ3v) is 9.45. The van der Waals surface area contributed by atoms with Crippen LogP contribution in [0, 0.1) is 11.3 Å². The van der Waals surface area contributed by atoms with Gasteiger partial charge in [0.2, 0.25) is 0 Å².